The van der Waals surface area contributed by atoms with Gasteiger partial charge in [0.2, 0.25) is 10.0 Å². The van der Waals surface area contributed by atoms with Gasteiger partial charge < -0.3 is 5.11 Å². The van der Waals surface area contributed by atoms with E-state index >= 15 is 0 Å². The summed E-state index contributed by atoms with van der Waals surface area (Å²) < 4.78 is 53.1. The van der Waals surface area contributed by atoms with E-state index in [1.54, 1.807) is 0 Å². The SMILES string of the molecule is C=CCC(C)NS(=O)(=O)c1ccc(F)c(C(=O)O)c1F. The summed E-state index contributed by atoms with van der Waals surface area (Å²) in [6, 6.07) is 0.717. The summed E-state index contributed by atoms with van der Waals surface area (Å²) in [6.07, 6.45) is 1.77. The van der Waals surface area contributed by atoms with E-state index in [0.29, 0.717) is 18.6 Å². The monoisotopic (exact) mass is 305 g/mol. The van der Waals surface area contributed by atoms with Crippen molar-refractivity contribution in [1.82, 2.24) is 4.72 Å². The molecule has 1 aromatic rings. The fourth-order valence-electron chi connectivity index (χ4n) is 1.56. The van der Waals surface area contributed by atoms with Crippen molar-refractivity contribution >= 4 is 16.0 Å². The first-order valence-electron chi connectivity index (χ1n) is 5.55. The Morgan fingerprint density at radius 2 is 2.10 bits per heavy atom. The lowest BCUT2D eigenvalue weighted by atomic mass is 10.2. The molecule has 0 saturated heterocycles. The Hall–Kier alpha value is -1.80. The van der Waals surface area contributed by atoms with Crippen LogP contribution in [0.3, 0.4) is 0 Å². The maximum atomic E-state index is 13.9. The van der Waals surface area contributed by atoms with Gasteiger partial charge in [-0.1, -0.05) is 6.08 Å². The van der Waals surface area contributed by atoms with Crippen molar-refractivity contribution in [2.45, 2.75) is 24.3 Å². The van der Waals surface area contributed by atoms with Crippen molar-refractivity contribution in [2.24, 2.45) is 0 Å². The van der Waals surface area contributed by atoms with Crippen LogP contribution in [-0.2, 0) is 10.0 Å². The third-order valence-electron chi connectivity index (χ3n) is 2.44. The van der Waals surface area contributed by atoms with Crippen molar-refractivity contribution in [2.75, 3.05) is 0 Å². The van der Waals surface area contributed by atoms with Crippen molar-refractivity contribution in [3.8, 4) is 0 Å². The van der Waals surface area contributed by atoms with E-state index in [1.165, 1.54) is 13.0 Å². The standard InChI is InChI=1S/C12H13F2NO4S/c1-3-4-7(2)15-20(18,19)9-6-5-8(13)10(11(9)14)12(16)17/h3,5-7,15H,1,4H2,2H3,(H,16,17). The Bertz CT molecular complexity index is 643. The van der Waals surface area contributed by atoms with E-state index in [1.807, 2.05) is 0 Å². The number of aromatic carboxylic acids is 1. The van der Waals surface area contributed by atoms with Crippen LogP contribution in [0.25, 0.3) is 0 Å². The van der Waals surface area contributed by atoms with Gasteiger partial charge in [0.15, 0.2) is 5.82 Å². The summed E-state index contributed by atoms with van der Waals surface area (Å²) in [6.45, 7) is 4.96. The van der Waals surface area contributed by atoms with E-state index in [4.69, 9.17) is 5.11 Å². The van der Waals surface area contributed by atoms with E-state index in [9.17, 15) is 22.0 Å². The number of rotatable bonds is 6. The van der Waals surface area contributed by atoms with Gasteiger partial charge in [-0.2, -0.15) is 0 Å². The number of benzene rings is 1. The molecule has 8 heteroatoms. The molecule has 0 radical (unpaired) electrons. The first kappa shape index (κ1) is 16.3. The molecule has 0 spiro atoms. The molecule has 0 aliphatic carbocycles. The number of carboxylic acids is 1. The van der Waals surface area contributed by atoms with Crippen LogP contribution in [0.15, 0.2) is 29.7 Å². The lowest BCUT2D eigenvalue weighted by Gasteiger charge is -2.13. The zero-order valence-corrected chi connectivity index (χ0v) is 11.4. The topological polar surface area (TPSA) is 83.5 Å². The van der Waals surface area contributed by atoms with Crippen LogP contribution in [0, 0.1) is 11.6 Å². The summed E-state index contributed by atoms with van der Waals surface area (Å²) in [5.41, 5.74) is -1.30. The Morgan fingerprint density at radius 3 is 2.60 bits per heavy atom. The van der Waals surface area contributed by atoms with E-state index in [0.717, 1.165) is 0 Å². The van der Waals surface area contributed by atoms with Crippen LogP contribution in [0.2, 0.25) is 0 Å². The number of carbonyl (C=O) groups is 1. The van der Waals surface area contributed by atoms with Gasteiger partial charge in [0.25, 0.3) is 0 Å². The van der Waals surface area contributed by atoms with Gasteiger partial charge in [0.05, 0.1) is 0 Å². The van der Waals surface area contributed by atoms with Crippen LogP contribution in [0.5, 0.6) is 0 Å². The maximum absolute atomic E-state index is 13.9. The highest BCUT2D eigenvalue weighted by Crippen LogP contribution is 2.21. The molecule has 2 N–H and O–H groups in total. The average molecular weight is 305 g/mol. The highest BCUT2D eigenvalue weighted by molar-refractivity contribution is 7.89. The third-order valence-corrected chi connectivity index (χ3v) is 4.04. The molecule has 110 valence electrons. The molecule has 1 unspecified atom stereocenters. The van der Waals surface area contributed by atoms with Crippen molar-refractivity contribution < 1.29 is 27.1 Å². The molecule has 20 heavy (non-hydrogen) atoms. The van der Waals surface area contributed by atoms with Crippen LogP contribution in [0.4, 0.5) is 8.78 Å². The van der Waals surface area contributed by atoms with Gasteiger partial charge in [0, 0.05) is 6.04 Å². The minimum Gasteiger partial charge on any atom is -0.477 e. The molecule has 0 heterocycles. The van der Waals surface area contributed by atoms with Gasteiger partial charge in [-0.25, -0.2) is 26.7 Å². The zero-order valence-electron chi connectivity index (χ0n) is 10.6. The molecule has 0 bridgehead atoms. The molecular weight excluding hydrogens is 292 g/mol. The van der Waals surface area contributed by atoms with Crippen molar-refractivity contribution in [1.29, 1.82) is 0 Å². The normalized spacial score (nSPS) is 12.9. The fourth-order valence-corrected chi connectivity index (χ4v) is 2.90. The Kier molecular flexibility index (Phi) is 4.96. The van der Waals surface area contributed by atoms with Crippen LogP contribution in [-0.4, -0.2) is 25.5 Å². The summed E-state index contributed by atoms with van der Waals surface area (Å²) in [7, 11) is -4.29. The fraction of sp³-hybridized carbons (Fsp3) is 0.250. The summed E-state index contributed by atoms with van der Waals surface area (Å²) in [5, 5.41) is 8.69. The van der Waals surface area contributed by atoms with Gasteiger partial charge in [0.1, 0.15) is 16.3 Å². The zero-order chi connectivity index (χ0) is 15.5. The molecular formula is C12H13F2NO4S. The van der Waals surface area contributed by atoms with E-state index in [-0.39, 0.29) is 0 Å². The predicted molar refractivity (Wildman–Crippen MR) is 67.9 cm³/mol. The lowest BCUT2D eigenvalue weighted by Crippen LogP contribution is -2.33. The Labute approximate surface area is 115 Å². The second-order valence-corrected chi connectivity index (χ2v) is 5.77. The third kappa shape index (κ3) is 3.40. The number of sulfonamides is 1. The highest BCUT2D eigenvalue weighted by Gasteiger charge is 2.27. The quantitative estimate of drug-likeness (QED) is 0.786. The number of carboxylic acid groups (broad SMARTS) is 1. The summed E-state index contributed by atoms with van der Waals surface area (Å²) >= 11 is 0. The summed E-state index contributed by atoms with van der Waals surface area (Å²) in [4.78, 5) is 9.83. The van der Waals surface area contributed by atoms with Gasteiger partial charge in [-0.15, -0.1) is 6.58 Å². The van der Waals surface area contributed by atoms with Crippen molar-refractivity contribution in [3.63, 3.8) is 0 Å². The first-order chi connectivity index (χ1) is 9.20. The highest BCUT2D eigenvalue weighted by atomic mass is 32.2. The molecule has 0 saturated carbocycles. The molecule has 1 aromatic carbocycles. The minimum absolute atomic E-state index is 0.299. The molecule has 1 rings (SSSR count). The molecule has 0 aromatic heterocycles. The van der Waals surface area contributed by atoms with Crippen LogP contribution < -0.4 is 4.72 Å². The molecule has 0 aliphatic heterocycles. The Morgan fingerprint density at radius 1 is 1.50 bits per heavy atom. The van der Waals surface area contributed by atoms with Gasteiger partial charge >= 0.3 is 5.97 Å². The van der Waals surface area contributed by atoms with Gasteiger partial charge in [-0.3, -0.25) is 0 Å². The number of hydrogen-bond donors (Lipinski definition) is 2. The number of hydrogen-bond acceptors (Lipinski definition) is 3. The number of halogens is 2. The average Bonchev–Trinajstić information content (AvgIpc) is 2.27. The second kappa shape index (κ2) is 6.10. The lowest BCUT2D eigenvalue weighted by molar-refractivity contribution is 0.0685. The Balaban J connectivity index is 3.30. The molecule has 0 aliphatic rings. The van der Waals surface area contributed by atoms with E-state index in [2.05, 4.69) is 11.3 Å². The molecule has 5 nitrogen and oxygen atoms in total. The molecule has 0 fully saturated rings. The van der Waals surface area contributed by atoms with Crippen molar-refractivity contribution in [3.05, 3.63) is 42.0 Å². The second-order valence-electron chi connectivity index (χ2n) is 4.09. The largest absolute Gasteiger partial charge is 0.477 e. The molecule has 0 amide bonds. The van der Waals surface area contributed by atoms with E-state index < -0.39 is 44.1 Å². The van der Waals surface area contributed by atoms with Crippen LogP contribution in [0.1, 0.15) is 23.7 Å². The summed E-state index contributed by atoms with van der Waals surface area (Å²) in [5.74, 6) is -4.85. The van der Waals surface area contributed by atoms with Crippen LogP contribution >= 0.6 is 0 Å². The predicted octanol–water partition coefficient (Wildman–Crippen LogP) is 1.91. The maximum Gasteiger partial charge on any atom is 0.341 e. The van der Waals surface area contributed by atoms with Gasteiger partial charge in [-0.05, 0) is 25.5 Å². The minimum atomic E-state index is -4.29. The first-order valence-corrected chi connectivity index (χ1v) is 7.03. The smallest absolute Gasteiger partial charge is 0.341 e. The number of nitrogens with one attached hydrogen (secondary N) is 1. The molecule has 1 atom stereocenters.